The van der Waals surface area contributed by atoms with Crippen LogP contribution in [-0.4, -0.2) is 16.6 Å². The van der Waals surface area contributed by atoms with E-state index < -0.39 is 6.10 Å². The zero-order valence-corrected chi connectivity index (χ0v) is 16.7. The molecule has 0 spiro atoms. The van der Waals surface area contributed by atoms with Crippen LogP contribution >= 0.6 is 0 Å². The second-order valence-electron chi connectivity index (χ2n) is 7.27. The molecule has 2 heterocycles. The van der Waals surface area contributed by atoms with Crippen LogP contribution in [-0.2, 0) is 6.54 Å². The minimum Gasteiger partial charge on any atom is -0.497 e. The molecule has 0 saturated heterocycles. The van der Waals surface area contributed by atoms with Crippen LogP contribution in [0.5, 0.6) is 11.5 Å². The Morgan fingerprint density at radius 2 is 1.87 bits per heavy atom. The topological polar surface area (TPSA) is 66.5 Å². The molecule has 6 heteroatoms. The van der Waals surface area contributed by atoms with Gasteiger partial charge in [-0.15, -0.1) is 0 Å². The van der Waals surface area contributed by atoms with E-state index in [-0.39, 0.29) is 10.6 Å². The summed E-state index contributed by atoms with van der Waals surface area (Å²) < 4.78 is 13.6. The molecule has 0 N–H and O–H groups in total. The summed E-state index contributed by atoms with van der Waals surface area (Å²) in [5, 5.41) is 14.0. The minimum absolute atomic E-state index is 0.00864. The fourth-order valence-corrected chi connectivity index (χ4v) is 4.26. The summed E-state index contributed by atoms with van der Waals surface area (Å²) >= 11 is 0. The van der Waals surface area contributed by atoms with Gasteiger partial charge in [0.2, 0.25) is 6.10 Å². The molecule has 150 valence electrons. The first-order valence-electron chi connectivity index (χ1n) is 9.82. The van der Waals surface area contributed by atoms with Gasteiger partial charge in [-0.2, -0.15) is 0 Å². The second kappa shape index (κ2) is 6.91. The average molecular weight is 400 g/mol. The fourth-order valence-electron chi connectivity index (χ4n) is 4.26. The number of hydrogen-bond acceptors (Lipinski definition) is 4. The molecule has 0 radical (unpaired) electrons. The summed E-state index contributed by atoms with van der Waals surface area (Å²) in [6.07, 6.45) is 0.792. The van der Waals surface area contributed by atoms with Gasteiger partial charge in [-0.25, -0.2) is 0 Å². The molecule has 1 unspecified atom stereocenters. The van der Waals surface area contributed by atoms with E-state index in [1.54, 1.807) is 31.4 Å². The number of para-hydroxylation sites is 1. The van der Waals surface area contributed by atoms with Crippen LogP contribution in [0.15, 0.2) is 66.4 Å². The third kappa shape index (κ3) is 2.72. The zero-order valence-electron chi connectivity index (χ0n) is 16.7. The maximum Gasteiger partial charge on any atom is 0.291 e. The van der Waals surface area contributed by atoms with Gasteiger partial charge in [-0.1, -0.05) is 24.3 Å². The normalized spacial score (nSPS) is 15.5. The molecule has 1 atom stereocenters. The lowest BCUT2D eigenvalue weighted by atomic mass is 9.99. The predicted octanol–water partition coefficient (Wildman–Crippen LogP) is 5.57. The van der Waals surface area contributed by atoms with Crippen molar-refractivity contribution in [1.29, 1.82) is 0 Å². The van der Waals surface area contributed by atoms with Gasteiger partial charge in [0.1, 0.15) is 11.5 Å². The number of rotatable bonds is 4. The predicted molar refractivity (Wildman–Crippen MR) is 116 cm³/mol. The van der Waals surface area contributed by atoms with Crippen LogP contribution in [0.4, 0.5) is 0 Å². The number of ether oxygens (including phenoxy) is 2. The zero-order chi connectivity index (χ0) is 20.8. The summed E-state index contributed by atoms with van der Waals surface area (Å²) in [6, 6.07) is 19.5. The molecule has 3 aromatic carbocycles. The standard InChI is InChI=1S/C24H20N2O4/c1-3-25-20-7-5-4-6-18(20)19-13-15(8-10-21(19)25)24-22(26(27)28)14-16-12-17(29-2)9-11-23(16)30-24/h4-14,24H,3H2,1-2H3. The third-order valence-corrected chi connectivity index (χ3v) is 5.66. The number of nitro groups is 1. The highest BCUT2D eigenvalue weighted by molar-refractivity contribution is 6.08. The van der Waals surface area contributed by atoms with Crippen molar-refractivity contribution in [2.45, 2.75) is 19.6 Å². The van der Waals surface area contributed by atoms with Gasteiger partial charge in [-0.3, -0.25) is 10.1 Å². The molecule has 30 heavy (non-hydrogen) atoms. The van der Waals surface area contributed by atoms with Crippen LogP contribution in [0.2, 0.25) is 0 Å². The van der Waals surface area contributed by atoms with E-state index in [0.717, 1.165) is 33.9 Å². The van der Waals surface area contributed by atoms with E-state index in [4.69, 9.17) is 9.47 Å². The molecular formula is C24H20N2O4. The van der Waals surface area contributed by atoms with Gasteiger partial charge in [-0.05, 0) is 43.3 Å². The monoisotopic (exact) mass is 400 g/mol. The Morgan fingerprint density at radius 1 is 1.07 bits per heavy atom. The molecule has 0 amide bonds. The van der Waals surface area contributed by atoms with E-state index in [9.17, 15) is 10.1 Å². The van der Waals surface area contributed by atoms with Crippen molar-refractivity contribution in [2.75, 3.05) is 7.11 Å². The molecule has 5 rings (SSSR count). The van der Waals surface area contributed by atoms with E-state index in [2.05, 4.69) is 23.6 Å². The van der Waals surface area contributed by atoms with E-state index in [0.29, 0.717) is 17.1 Å². The maximum atomic E-state index is 11.9. The van der Waals surface area contributed by atoms with Crippen LogP contribution in [0, 0.1) is 10.1 Å². The first-order chi connectivity index (χ1) is 14.6. The van der Waals surface area contributed by atoms with Crippen molar-refractivity contribution in [3.8, 4) is 11.5 Å². The largest absolute Gasteiger partial charge is 0.497 e. The van der Waals surface area contributed by atoms with E-state index in [1.165, 1.54) is 0 Å². The number of benzene rings is 3. The number of fused-ring (bicyclic) bond motifs is 4. The number of aromatic nitrogens is 1. The van der Waals surface area contributed by atoms with Gasteiger partial charge in [0.25, 0.3) is 5.70 Å². The first kappa shape index (κ1) is 18.2. The maximum absolute atomic E-state index is 11.9. The van der Waals surface area contributed by atoms with E-state index in [1.807, 2.05) is 30.3 Å². The van der Waals surface area contributed by atoms with Crippen molar-refractivity contribution in [3.63, 3.8) is 0 Å². The van der Waals surface area contributed by atoms with Gasteiger partial charge in [0, 0.05) is 45.6 Å². The molecular weight excluding hydrogens is 380 g/mol. The molecule has 0 fully saturated rings. The van der Waals surface area contributed by atoms with Crippen LogP contribution < -0.4 is 9.47 Å². The van der Waals surface area contributed by atoms with Gasteiger partial charge < -0.3 is 14.0 Å². The second-order valence-corrected chi connectivity index (χ2v) is 7.27. The van der Waals surface area contributed by atoms with Crippen molar-refractivity contribution in [2.24, 2.45) is 0 Å². The van der Waals surface area contributed by atoms with Gasteiger partial charge >= 0.3 is 0 Å². The Kier molecular flexibility index (Phi) is 4.20. The molecule has 6 nitrogen and oxygen atoms in total. The molecule has 1 aromatic heterocycles. The van der Waals surface area contributed by atoms with Crippen LogP contribution in [0.25, 0.3) is 27.9 Å². The summed E-state index contributed by atoms with van der Waals surface area (Å²) in [5.74, 6) is 1.23. The lowest BCUT2D eigenvalue weighted by Crippen LogP contribution is -2.19. The van der Waals surface area contributed by atoms with Crippen LogP contribution in [0.3, 0.4) is 0 Å². The number of methoxy groups -OCH3 is 1. The lowest BCUT2D eigenvalue weighted by molar-refractivity contribution is -0.434. The Hall–Kier alpha value is -3.80. The highest BCUT2D eigenvalue weighted by Gasteiger charge is 2.33. The van der Waals surface area contributed by atoms with Gasteiger partial charge in [0.15, 0.2) is 0 Å². The Bertz CT molecular complexity index is 1340. The molecule has 0 saturated carbocycles. The highest BCUT2D eigenvalue weighted by Crippen LogP contribution is 2.40. The first-order valence-corrected chi connectivity index (χ1v) is 9.82. The smallest absolute Gasteiger partial charge is 0.291 e. The summed E-state index contributed by atoms with van der Waals surface area (Å²) in [4.78, 5) is 11.5. The van der Waals surface area contributed by atoms with Crippen molar-refractivity contribution < 1.29 is 14.4 Å². The Labute approximate surface area is 173 Å². The molecule has 1 aliphatic rings. The molecule has 0 bridgehead atoms. The molecule has 1 aliphatic heterocycles. The molecule has 4 aromatic rings. The molecule has 0 aliphatic carbocycles. The minimum atomic E-state index is -0.783. The Morgan fingerprint density at radius 3 is 2.63 bits per heavy atom. The highest BCUT2D eigenvalue weighted by atomic mass is 16.6. The quantitative estimate of drug-likeness (QED) is 0.332. The van der Waals surface area contributed by atoms with Crippen molar-refractivity contribution in [1.82, 2.24) is 4.57 Å². The fraction of sp³-hybridized carbons (Fsp3) is 0.167. The summed E-state index contributed by atoms with van der Waals surface area (Å²) in [6.45, 7) is 2.96. The summed E-state index contributed by atoms with van der Waals surface area (Å²) in [7, 11) is 1.56. The van der Waals surface area contributed by atoms with Crippen molar-refractivity contribution >= 4 is 27.9 Å². The summed E-state index contributed by atoms with van der Waals surface area (Å²) in [5.41, 5.74) is 3.66. The Balaban J connectivity index is 1.67. The van der Waals surface area contributed by atoms with Gasteiger partial charge in [0.05, 0.1) is 12.0 Å². The van der Waals surface area contributed by atoms with Crippen molar-refractivity contribution in [3.05, 3.63) is 87.6 Å². The number of nitrogens with zero attached hydrogens (tertiary/aromatic N) is 2. The van der Waals surface area contributed by atoms with Crippen LogP contribution in [0.1, 0.15) is 24.2 Å². The van der Waals surface area contributed by atoms with E-state index >= 15 is 0 Å². The average Bonchev–Trinajstić information content (AvgIpc) is 3.10. The lowest BCUT2D eigenvalue weighted by Gasteiger charge is -2.23. The number of hydrogen-bond donors (Lipinski definition) is 0. The SMILES string of the molecule is CCn1c2ccccc2c2cc(C3Oc4ccc(OC)cc4C=C3[N+](=O)[O-])ccc21. The number of aryl methyl sites for hydroxylation is 1. The third-order valence-electron chi connectivity index (χ3n) is 5.66.